The Morgan fingerprint density at radius 3 is 1.57 bits per heavy atom. The third-order valence-electron chi connectivity index (χ3n) is 0.167. The molecule has 7 heavy (non-hydrogen) atoms. The highest BCUT2D eigenvalue weighted by atomic mass is 15.2. The molecule has 0 aromatic rings. The molecule has 0 unspecified atom stereocenters. The van der Waals surface area contributed by atoms with Gasteiger partial charge in [-0.3, -0.25) is 11.3 Å². The van der Waals surface area contributed by atoms with E-state index in [-0.39, 0.29) is 0 Å². The number of hydrazine groups is 1. The summed E-state index contributed by atoms with van der Waals surface area (Å²) in [4.78, 5) is 0. The van der Waals surface area contributed by atoms with Gasteiger partial charge in [-0.2, -0.15) is 0 Å². The minimum Gasteiger partial charge on any atom is -0.272 e. The fourth-order valence-corrected chi connectivity index (χ4v) is 0. The largest absolute Gasteiger partial charge is 0.272 e. The van der Waals surface area contributed by atoms with Gasteiger partial charge in [-0.15, -0.1) is 0 Å². The lowest BCUT2D eigenvalue weighted by molar-refractivity contribution is 0.900. The lowest BCUT2D eigenvalue weighted by Crippen LogP contribution is -2.13. The Bertz CT molecular complexity index is 35.3. The first-order valence-electron chi connectivity index (χ1n) is 1.94. The molecule has 0 aliphatic carbocycles. The van der Waals surface area contributed by atoms with Crippen LogP contribution in [-0.2, 0) is 0 Å². The van der Waals surface area contributed by atoms with Gasteiger partial charge in [0.25, 0.3) is 0 Å². The van der Waals surface area contributed by atoms with Crippen molar-refractivity contribution in [1.29, 1.82) is 0 Å². The fourth-order valence-electron chi connectivity index (χ4n) is 0. The van der Waals surface area contributed by atoms with E-state index in [1.54, 1.807) is 19.2 Å². The van der Waals surface area contributed by atoms with Crippen molar-refractivity contribution in [1.82, 2.24) is 5.43 Å². The molecule has 0 aliphatic heterocycles. The Hall–Kier alpha value is -0.600. The summed E-state index contributed by atoms with van der Waals surface area (Å²) in [5, 5.41) is 0. The van der Waals surface area contributed by atoms with Crippen LogP contribution in [0.2, 0.25) is 0 Å². The second-order valence-electron chi connectivity index (χ2n) is 0.760. The highest BCUT2D eigenvalue weighted by molar-refractivity contribution is 4.88. The Kier molecular flexibility index (Phi) is 25.0. The summed E-state index contributed by atoms with van der Waals surface area (Å²) in [7, 11) is 1.65. The first-order chi connectivity index (χ1) is 3.33. The molecule has 2 nitrogen and oxygen atoms in total. The molecule has 0 spiro atoms. The third-order valence-corrected chi connectivity index (χ3v) is 0.167. The van der Waals surface area contributed by atoms with E-state index in [2.05, 4.69) is 24.4 Å². The zero-order chi connectivity index (χ0) is 6.12. The summed E-state index contributed by atoms with van der Waals surface area (Å²) in [5.41, 5.74) is 2.25. The quantitative estimate of drug-likeness (QED) is 0.285. The predicted molar refractivity (Wildman–Crippen MR) is 33.6 cm³/mol. The van der Waals surface area contributed by atoms with Crippen LogP contribution in [0.15, 0.2) is 25.3 Å². The molecule has 0 radical (unpaired) electrons. The lowest BCUT2D eigenvalue weighted by atomic mass is 10.6. The standard InChI is InChI=1S/C4H6.CH6N2/c1-3-4-2;1-3-2/h3-4H,1-2H2;3H,2H2,1H3. The van der Waals surface area contributed by atoms with Crippen LogP contribution in [0.3, 0.4) is 0 Å². The van der Waals surface area contributed by atoms with Gasteiger partial charge in [-0.05, 0) is 7.05 Å². The minimum atomic E-state index is 1.64. The second kappa shape index (κ2) is 18.2. The number of nitrogens with one attached hydrogen (secondary N) is 1. The van der Waals surface area contributed by atoms with E-state index in [0.29, 0.717) is 0 Å². The van der Waals surface area contributed by atoms with E-state index < -0.39 is 0 Å². The van der Waals surface area contributed by atoms with Crippen molar-refractivity contribution >= 4 is 0 Å². The maximum atomic E-state index is 4.60. The van der Waals surface area contributed by atoms with Crippen LogP contribution >= 0.6 is 0 Å². The van der Waals surface area contributed by atoms with Crippen LogP contribution in [0.1, 0.15) is 0 Å². The normalized spacial score (nSPS) is 5.43. The zero-order valence-corrected chi connectivity index (χ0v) is 4.65. The third kappa shape index (κ3) is 390. The van der Waals surface area contributed by atoms with Gasteiger partial charge in [0.15, 0.2) is 0 Å². The number of rotatable bonds is 1. The molecule has 0 bridgehead atoms. The number of hydrogen-bond acceptors (Lipinski definition) is 2. The maximum absolute atomic E-state index is 4.60. The molecule has 0 fully saturated rings. The van der Waals surface area contributed by atoms with Crippen molar-refractivity contribution in [2.24, 2.45) is 5.84 Å². The Labute approximate surface area is 44.7 Å². The highest BCUT2D eigenvalue weighted by Gasteiger charge is 1.29. The Balaban J connectivity index is 0. The van der Waals surface area contributed by atoms with Crippen LogP contribution in [0, 0.1) is 0 Å². The molecule has 0 heterocycles. The van der Waals surface area contributed by atoms with Gasteiger partial charge in [0.2, 0.25) is 0 Å². The molecule has 0 saturated carbocycles. The predicted octanol–water partition coefficient (Wildman–Crippen LogP) is 0.438. The minimum absolute atomic E-state index is 1.64. The molecular formula is C5H12N2. The van der Waals surface area contributed by atoms with Gasteiger partial charge in [0, 0.05) is 0 Å². The van der Waals surface area contributed by atoms with E-state index in [1.807, 2.05) is 0 Å². The Morgan fingerprint density at radius 2 is 1.57 bits per heavy atom. The molecule has 2 heteroatoms. The molecule has 3 N–H and O–H groups in total. The molecule has 0 saturated heterocycles. The summed E-state index contributed by atoms with van der Waals surface area (Å²) in [5.74, 6) is 4.60. The molecule has 0 aromatic carbocycles. The van der Waals surface area contributed by atoms with Crippen molar-refractivity contribution in [3.63, 3.8) is 0 Å². The van der Waals surface area contributed by atoms with E-state index in [0.717, 1.165) is 0 Å². The number of hydrogen-bond donors (Lipinski definition) is 2. The molecular weight excluding hydrogens is 88.1 g/mol. The smallest absolute Gasteiger partial charge is 0.00172 e. The van der Waals surface area contributed by atoms with Gasteiger partial charge < -0.3 is 0 Å². The van der Waals surface area contributed by atoms with Crippen molar-refractivity contribution < 1.29 is 0 Å². The summed E-state index contributed by atoms with van der Waals surface area (Å²) >= 11 is 0. The fraction of sp³-hybridized carbons (Fsp3) is 0.200. The maximum Gasteiger partial charge on any atom is -0.00172 e. The SMILES string of the molecule is C=CC=C.CNN. The van der Waals surface area contributed by atoms with Crippen LogP contribution in [0.25, 0.3) is 0 Å². The lowest BCUT2D eigenvalue weighted by Gasteiger charge is -1.62. The van der Waals surface area contributed by atoms with Crippen LogP contribution < -0.4 is 11.3 Å². The van der Waals surface area contributed by atoms with Gasteiger partial charge in [-0.25, -0.2) is 0 Å². The topological polar surface area (TPSA) is 38.0 Å². The monoisotopic (exact) mass is 100 g/mol. The number of nitrogens with two attached hydrogens (primary N) is 1. The molecule has 0 aromatic heterocycles. The van der Waals surface area contributed by atoms with E-state index in [4.69, 9.17) is 0 Å². The molecule has 42 valence electrons. The van der Waals surface area contributed by atoms with Crippen molar-refractivity contribution in [3.05, 3.63) is 25.3 Å². The first-order valence-corrected chi connectivity index (χ1v) is 1.94. The van der Waals surface area contributed by atoms with E-state index in [1.165, 1.54) is 0 Å². The summed E-state index contributed by atoms with van der Waals surface area (Å²) in [6.07, 6.45) is 3.28. The highest BCUT2D eigenvalue weighted by Crippen LogP contribution is 1.52. The van der Waals surface area contributed by atoms with Gasteiger partial charge in [0.05, 0.1) is 0 Å². The molecule has 0 atom stereocenters. The van der Waals surface area contributed by atoms with Gasteiger partial charge in [-0.1, -0.05) is 25.3 Å². The van der Waals surface area contributed by atoms with Crippen molar-refractivity contribution in [2.75, 3.05) is 7.05 Å². The van der Waals surface area contributed by atoms with Crippen LogP contribution in [-0.4, -0.2) is 7.05 Å². The first kappa shape index (κ1) is 9.64. The average Bonchev–Trinajstić information content (AvgIpc) is 1.69. The molecule has 0 aliphatic rings. The number of allylic oxidation sites excluding steroid dienone is 2. The van der Waals surface area contributed by atoms with Crippen LogP contribution in [0.5, 0.6) is 0 Å². The average molecular weight is 100 g/mol. The van der Waals surface area contributed by atoms with Crippen molar-refractivity contribution in [2.45, 2.75) is 0 Å². The zero-order valence-electron chi connectivity index (χ0n) is 4.65. The molecule has 0 rings (SSSR count). The summed E-state index contributed by atoms with van der Waals surface area (Å²) < 4.78 is 0. The van der Waals surface area contributed by atoms with Crippen molar-refractivity contribution in [3.8, 4) is 0 Å². The molecule has 0 amide bonds. The van der Waals surface area contributed by atoms with E-state index in [9.17, 15) is 0 Å². The Morgan fingerprint density at radius 1 is 1.43 bits per heavy atom. The summed E-state index contributed by atoms with van der Waals surface area (Å²) in [6, 6.07) is 0. The van der Waals surface area contributed by atoms with Gasteiger partial charge in [0.1, 0.15) is 0 Å². The van der Waals surface area contributed by atoms with E-state index >= 15 is 0 Å². The summed E-state index contributed by atoms with van der Waals surface area (Å²) in [6.45, 7) is 6.72. The van der Waals surface area contributed by atoms with Crippen LogP contribution in [0.4, 0.5) is 0 Å². The van der Waals surface area contributed by atoms with Gasteiger partial charge >= 0.3 is 0 Å². The second-order valence-corrected chi connectivity index (χ2v) is 0.760.